The van der Waals surface area contributed by atoms with E-state index in [1.807, 2.05) is 17.4 Å². The van der Waals surface area contributed by atoms with E-state index in [-0.39, 0.29) is 0 Å². The van der Waals surface area contributed by atoms with E-state index in [0.717, 1.165) is 28.4 Å². The number of fused-ring (bicyclic) bond motifs is 11. The number of thiophene rings is 1. The number of hydrogen-bond donors (Lipinski definition) is 0. The van der Waals surface area contributed by atoms with E-state index in [2.05, 4.69) is 173 Å². The SMILES string of the molecule is c1ccc2c(c1)Oc1cccc3c4cccc(-c5ccc(-n6c7ccccc7c7cc(-c8cccc9c8sc8ccccc89)ccc76)cc5)c4n-2c13. The van der Waals surface area contributed by atoms with Crippen molar-refractivity contribution in [1.29, 1.82) is 0 Å². The van der Waals surface area contributed by atoms with E-state index in [9.17, 15) is 0 Å². The van der Waals surface area contributed by atoms with Crippen LogP contribution in [0, 0.1) is 0 Å². The summed E-state index contributed by atoms with van der Waals surface area (Å²) in [4.78, 5) is 0. The monoisotopic (exact) mass is 680 g/mol. The summed E-state index contributed by atoms with van der Waals surface area (Å²) in [5.74, 6) is 1.77. The second-order valence-corrected chi connectivity index (χ2v) is 14.7. The number of aromatic nitrogens is 2. The van der Waals surface area contributed by atoms with Crippen LogP contribution < -0.4 is 4.74 Å². The first kappa shape index (κ1) is 28.1. The Bertz CT molecular complexity index is 3270. The zero-order valence-corrected chi connectivity index (χ0v) is 28.7. The Kier molecular flexibility index (Phi) is 5.65. The molecule has 1 aliphatic heterocycles. The van der Waals surface area contributed by atoms with Gasteiger partial charge in [0.1, 0.15) is 0 Å². The second-order valence-electron chi connectivity index (χ2n) is 13.7. The Morgan fingerprint density at radius 2 is 1.06 bits per heavy atom. The van der Waals surface area contributed by atoms with Crippen molar-refractivity contribution in [3.05, 3.63) is 170 Å². The molecule has 1 aliphatic rings. The molecule has 0 unspecified atom stereocenters. The van der Waals surface area contributed by atoms with Crippen molar-refractivity contribution >= 4 is 75.1 Å². The molecule has 0 amide bonds. The molecule has 52 heavy (non-hydrogen) atoms. The van der Waals surface area contributed by atoms with Gasteiger partial charge in [0.2, 0.25) is 0 Å². The van der Waals surface area contributed by atoms with E-state index in [1.165, 1.54) is 80.5 Å². The fourth-order valence-electron chi connectivity index (χ4n) is 8.67. The third-order valence-corrected chi connectivity index (χ3v) is 12.1. The molecule has 0 spiro atoms. The van der Waals surface area contributed by atoms with Gasteiger partial charge < -0.3 is 13.9 Å². The molecule has 0 bridgehead atoms. The van der Waals surface area contributed by atoms with Gasteiger partial charge in [0.15, 0.2) is 11.5 Å². The average molecular weight is 681 g/mol. The molecule has 0 aliphatic carbocycles. The summed E-state index contributed by atoms with van der Waals surface area (Å²) in [5, 5.41) is 7.60. The molecule has 0 atom stereocenters. The maximum absolute atomic E-state index is 6.39. The third kappa shape index (κ3) is 3.79. The molecule has 4 heterocycles. The average Bonchev–Trinajstić information content (AvgIpc) is 3.87. The van der Waals surface area contributed by atoms with E-state index in [0.29, 0.717) is 0 Å². The van der Waals surface area contributed by atoms with Crippen molar-refractivity contribution in [3.8, 4) is 45.1 Å². The van der Waals surface area contributed by atoms with Crippen LogP contribution in [0.25, 0.3) is 97.4 Å². The summed E-state index contributed by atoms with van der Waals surface area (Å²) in [6.45, 7) is 0. The van der Waals surface area contributed by atoms with Gasteiger partial charge in [-0.2, -0.15) is 0 Å². The second kappa shape index (κ2) is 10.5. The van der Waals surface area contributed by atoms with Crippen molar-refractivity contribution in [1.82, 2.24) is 9.13 Å². The Morgan fingerprint density at radius 3 is 1.96 bits per heavy atom. The van der Waals surface area contributed by atoms with Gasteiger partial charge in [-0.05, 0) is 71.3 Å². The standard InChI is InChI=1S/C48H28N2OS/c1-3-17-40-34(10-1)39-28-30(33-13-8-16-38-35-11-2-6-21-45(35)52-48(33)38)24-27-41(39)49(40)31-25-22-29(23-26-31)32-12-7-14-36-37-15-9-20-44-47(37)50(46(32)36)42-18-4-5-19-43(42)51-44/h1-28H. The van der Waals surface area contributed by atoms with Gasteiger partial charge in [-0.1, -0.05) is 115 Å². The van der Waals surface area contributed by atoms with Crippen LogP contribution in [0.1, 0.15) is 0 Å². The van der Waals surface area contributed by atoms with Crippen LogP contribution in [0.15, 0.2) is 170 Å². The Labute approximate surface area is 302 Å². The normalized spacial score (nSPS) is 12.4. The molecule has 3 nitrogen and oxygen atoms in total. The third-order valence-electron chi connectivity index (χ3n) is 10.9. The number of hydrogen-bond acceptors (Lipinski definition) is 2. The molecule has 3 aromatic heterocycles. The van der Waals surface area contributed by atoms with Crippen LogP contribution in [-0.2, 0) is 0 Å². The van der Waals surface area contributed by atoms with Crippen molar-refractivity contribution in [2.45, 2.75) is 0 Å². The first-order valence-corrected chi connectivity index (χ1v) is 18.5. The minimum atomic E-state index is 0.875. The van der Waals surface area contributed by atoms with E-state index in [1.54, 1.807) is 0 Å². The lowest BCUT2D eigenvalue weighted by Gasteiger charge is -2.21. The summed E-state index contributed by atoms with van der Waals surface area (Å²) < 4.78 is 13.9. The Morgan fingerprint density at radius 1 is 0.404 bits per heavy atom. The van der Waals surface area contributed by atoms with Gasteiger partial charge in [-0.25, -0.2) is 0 Å². The van der Waals surface area contributed by atoms with Crippen molar-refractivity contribution < 1.29 is 4.74 Å². The minimum absolute atomic E-state index is 0.875. The summed E-state index contributed by atoms with van der Waals surface area (Å²) >= 11 is 1.89. The van der Waals surface area contributed by atoms with Crippen molar-refractivity contribution in [2.24, 2.45) is 0 Å². The fraction of sp³-hybridized carbons (Fsp3) is 0. The Hall–Kier alpha value is -6.62. The van der Waals surface area contributed by atoms with Crippen LogP contribution >= 0.6 is 11.3 Å². The van der Waals surface area contributed by atoms with Crippen LogP contribution in [0.2, 0.25) is 0 Å². The number of ether oxygens (including phenoxy) is 1. The quantitative estimate of drug-likeness (QED) is 0.182. The summed E-state index contributed by atoms with van der Waals surface area (Å²) in [7, 11) is 0. The number of rotatable bonds is 3. The molecule has 4 heteroatoms. The molecule has 11 aromatic rings. The van der Waals surface area contributed by atoms with Crippen molar-refractivity contribution in [2.75, 3.05) is 0 Å². The smallest absolute Gasteiger partial charge is 0.152 e. The molecule has 0 saturated carbocycles. The summed E-state index contributed by atoms with van der Waals surface area (Å²) in [6.07, 6.45) is 0. The number of benzene rings is 8. The lowest BCUT2D eigenvalue weighted by Crippen LogP contribution is -2.04. The largest absolute Gasteiger partial charge is 0.453 e. The first-order valence-electron chi connectivity index (χ1n) is 17.7. The highest BCUT2D eigenvalue weighted by Crippen LogP contribution is 2.48. The first-order chi connectivity index (χ1) is 25.8. The fourth-order valence-corrected chi connectivity index (χ4v) is 9.91. The van der Waals surface area contributed by atoms with E-state index < -0.39 is 0 Å². The van der Waals surface area contributed by atoms with E-state index in [4.69, 9.17) is 4.74 Å². The summed E-state index contributed by atoms with van der Waals surface area (Å²) in [5.41, 5.74) is 11.8. The predicted octanol–water partition coefficient (Wildman–Crippen LogP) is 13.7. The number of nitrogens with zero attached hydrogens (tertiary/aromatic N) is 2. The van der Waals surface area contributed by atoms with Gasteiger partial charge in [0.25, 0.3) is 0 Å². The van der Waals surface area contributed by atoms with Gasteiger partial charge >= 0.3 is 0 Å². The molecular formula is C48H28N2OS. The van der Waals surface area contributed by atoms with Crippen LogP contribution in [0.5, 0.6) is 11.5 Å². The van der Waals surface area contributed by atoms with Crippen LogP contribution in [0.4, 0.5) is 0 Å². The topological polar surface area (TPSA) is 19.1 Å². The van der Waals surface area contributed by atoms with Gasteiger partial charge in [-0.15, -0.1) is 11.3 Å². The van der Waals surface area contributed by atoms with Gasteiger partial charge in [0.05, 0.1) is 27.8 Å². The molecule has 0 saturated heterocycles. The van der Waals surface area contributed by atoms with Gasteiger partial charge in [0, 0.05) is 53.0 Å². The zero-order chi connectivity index (χ0) is 33.9. The molecule has 8 aromatic carbocycles. The van der Waals surface area contributed by atoms with E-state index >= 15 is 0 Å². The summed E-state index contributed by atoms with van der Waals surface area (Å²) in [6, 6.07) is 61.7. The molecular weight excluding hydrogens is 653 g/mol. The van der Waals surface area contributed by atoms with Crippen LogP contribution in [0.3, 0.4) is 0 Å². The maximum Gasteiger partial charge on any atom is 0.152 e. The highest BCUT2D eigenvalue weighted by atomic mass is 32.1. The molecule has 242 valence electrons. The molecule has 0 N–H and O–H groups in total. The number of para-hydroxylation sites is 5. The Balaban J connectivity index is 1.02. The predicted molar refractivity (Wildman–Crippen MR) is 219 cm³/mol. The lowest BCUT2D eigenvalue weighted by molar-refractivity contribution is 0.476. The zero-order valence-electron chi connectivity index (χ0n) is 27.9. The van der Waals surface area contributed by atoms with Gasteiger partial charge in [-0.3, -0.25) is 0 Å². The lowest BCUT2D eigenvalue weighted by atomic mass is 10.0. The van der Waals surface area contributed by atoms with Crippen molar-refractivity contribution in [3.63, 3.8) is 0 Å². The van der Waals surface area contributed by atoms with Crippen LogP contribution in [-0.4, -0.2) is 9.13 Å². The molecule has 0 radical (unpaired) electrons. The molecule has 0 fully saturated rings. The highest BCUT2D eigenvalue weighted by Gasteiger charge is 2.25. The molecule has 12 rings (SSSR count). The highest BCUT2D eigenvalue weighted by molar-refractivity contribution is 7.26. The minimum Gasteiger partial charge on any atom is -0.453 e. The maximum atomic E-state index is 6.39.